The number of amides is 1. The van der Waals surface area contributed by atoms with Crippen LogP contribution >= 0.6 is 0 Å². The van der Waals surface area contributed by atoms with Gasteiger partial charge in [-0.05, 0) is 31.5 Å². The highest BCUT2D eigenvalue weighted by molar-refractivity contribution is 5.92. The Balaban J connectivity index is 2.12. The van der Waals surface area contributed by atoms with Gasteiger partial charge in [0.1, 0.15) is 12.3 Å². The van der Waals surface area contributed by atoms with E-state index in [-0.39, 0.29) is 18.0 Å². The molecule has 1 N–H and O–H groups in total. The van der Waals surface area contributed by atoms with Gasteiger partial charge in [-0.15, -0.1) is 0 Å². The van der Waals surface area contributed by atoms with Crippen LogP contribution in [0.5, 0.6) is 5.75 Å². The zero-order valence-electron chi connectivity index (χ0n) is 12.1. The molecule has 1 aromatic carbocycles. The molecule has 0 spiro atoms. The lowest BCUT2D eigenvalue weighted by Crippen LogP contribution is -2.27. The second kappa shape index (κ2) is 6.74. The molecule has 2 rings (SSSR count). The maximum atomic E-state index is 12.1. The molecule has 0 atom stereocenters. The minimum atomic E-state index is -0.269. The number of pyridine rings is 1. The van der Waals surface area contributed by atoms with E-state index < -0.39 is 0 Å². The number of para-hydroxylation sites is 2. The second-order valence-electron chi connectivity index (χ2n) is 4.65. The Bertz CT molecular complexity index is 692. The van der Waals surface area contributed by atoms with Crippen LogP contribution in [0.3, 0.4) is 0 Å². The molecule has 1 aromatic heterocycles. The Morgan fingerprint density at radius 3 is 2.76 bits per heavy atom. The predicted octanol–water partition coefficient (Wildman–Crippen LogP) is 2.19. The SMILES string of the molecule is CCOc1ccccc1NC(=O)Cn1cc(C)ccc1=O. The minimum absolute atomic E-state index is 0.0268. The molecule has 0 radical (unpaired) electrons. The molecule has 0 aliphatic rings. The van der Waals surface area contributed by atoms with Gasteiger partial charge in [0.15, 0.2) is 0 Å². The van der Waals surface area contributed by atoms with Gasteiger partial charge in [0.25, 0.3) is 5.56 Å². The maximum Gasteiger partial charge on any atom is 0.251 e. The van der Waals surface area contributed by atoms with Gasteiger partial charge in [0.2, 0.25) is 5.91 Å². The molecule has 0 bridgehead atoms. The van der Waals surface area contributed by atoms with Crippen LogP contribution in [0, 0.1) is 6.92 Å². The summed E-state index contributed by atoms with van der Waals surface area (Å²) in [4.78, 5) is 23.8. The van der Waals surface area contributed by atoms with Crippen molar-refractivity contribution in [3.8, 4) is 5.75 Å². The Labute approximate surface area is 123 Å². The molecular formula is C16H18N2O3. The van der Waals surface area contributed by atoms with Crippen molar-refractivity contribution in [2.75, 3.05) is 11.9 Å². The van der Waals surface area contributed by atoms with E-state index in [1.165, 1.54) is 10.6 Å². The lowest BCUT2D eigenvalue weighted by molar-refractivity contribution is -0.116. The number of ether oxygens (including phenoxy) is 1. The van der Waals surface area contributed by atoms with E-state index >= 15 is 0 Å². The van der Waals surface area contributed by atoms with Gasteiger partial charge in [0, 0.05) is 12.3 Å². The molecule has 0 unspecified atom stereocenters. The van der Waals surface area contributed by atoms with Crippen LogP contribution in [0.25, 0.3) is 0 Å². The van der Waals surface area contributed by atoms with Crippen LogP contribution in [0.15, 0.2) is 47.4 Å². The van der Waals surface area contributed by atoms with Crippen molar-refractivity contribution >= 4 is 11.6 Å². The van der Waals surface area contributed by atoms with Crippen molar-refractivity contribution in [3.63, 3.8) is 0 Å². The number of carbonyl (C=O) groups excluding carboxylic acids is 1. The van der Waals surface area contributed by atoms with Crippen molar-refractivity contribution in [3.05, 3.63) is 58.5 Å². The number of nitrogens with zero attached hydrogens (tertiary/aromatic N) is 1. The van der Waals surface area contributed by atoms with E-state index in [2.05, 4.69) is 5.32 Å². The third-order valence-electron chi connectivity index (χ3n) is 2.91. The Hall–Kier alpha value is -2.56. The van der Waals surface area contributed by atoms with Gasteiger partial charge in [-0.3, -0.25) is 9.59 Å². The fourth-order valence-electron chi connectivity index (χ4n) is 1.97. The molecule has 1 amide bonds. The van der Waals surface area contributed by atoms with E-state index in [1.807, 2.05) is 26.0 Å². The van der Waals surface area contributed by atoms with Gasteiger partial charge in [0.05, 0.1) is 12.3 Å². The molecule has 5 nitrogen and oxygen atoms in total. The van der Waals surface area contributed by atoms with Crippen molar-refractivity contribution in [2.45, 2.75) is 20.4 Å². The first kappa shape index (κ1) is 14.8. The van der Waals surface area contributed by atoms with Crippen LogP contribution in [0.2, 0.25) is 0 Å². The smallest absolute Gasteiger partial charge is 0.251 e. The highest BCUT2D eigenvalue weighted by Crippen LogP contribution is 2.23. The van der Waals surface area contributed by atoms with Gasteiger partial charge < -0.3 is 14.6 Å². The van der Waals surface area contributed by atoms with Crippen LogP contribution in [0.4, 0.5) is 5.69 Å². The minimum Gasteiger partial charge on any atom is -0.492 e. The number of hydrogen-bond donors (Lipinski definition) is 1. The van der Waals surface area contributed by atoms with Gasteiger partial charge in [-0.1, -0.05) is 18.2 Å². The molecule has 0 saturated carbocycles. The molecule has 21 heavy (non-hydrogen) atoms. The number of carbonyl (C=O) groups is 1. The zero-order valence-corrected chi connectivity index (χ0v) is 12.1. The Kier molecular flexibility index (Phi) is 4.77. The molecule has 110 valence electrons. The van der Waals surface area contributed by atoms with Crippen molar-refractivity contribution < 1.29 is 9.53 Å². The Morgan fingerprint density at radius 1 is 1.24 bits per heavy atom. The highest BCUT2D eigenvalue weighted by Gasteiger charge is 2.08. The average Bonchev–Trinajstić information content (AvgIpc) is 2.45. The highest BCUT2D eigenvalue weighted by atomic mass is 16.5. The summed E-state index contributed by atoms with van der Waals surface area (Å²) in [6.07, 6.45) is 1.66. The van der Waals surface area contributed by atoms with Crippen LogP contribution in [0.1, 0.15) is 12.5 Å². The standard InChI is InChI=1S/C16H18N2O3/c1-3-21-14-7-5-4-6-13(14)17-15(19)11-18-10-12(2)8-9-16(18)20/h4-10H,3,11H2,1-2H3,(H,17,19). The number of aryl methyl sites for hydroxylation is 1. The first-order valence-corrected chi connectivity index (χ1v) is 6.79. The van der Waals surface area contributed by atoms with Gasteiger partial charge in [-0.25, -0.2) is 0 Å². The summed E-state index contributed by atoms with van der Waals surface area (Å²) < 4.78 is 6.83. The number of nitrogens with one attached hydrogen (secondary N) is 1. The summed E-state index contributed by atoms with van der Waals surface area (Å²) in [6, 6.07) is 10.4. The van der Waals surface area contributed by atoms with E-state index in [4.69, 9.17) is 4.74 Å². The maximum absolute atomic E-state index is 12.1. The van der Waals surface area contributed by atoms with Crippen molar-refractivity contribution in [1.29, 1.82) is 0 Å². The molecule has 2 aromatic rings. The number of anilines is 1. The molecule has 0 aliphatic heterocycles. The van der Waals surface area contributed by atoms with Crippen LogP contribution in [-0.4, -0.2) is 17.1 Å². The van der Waals surface area contributed by atoms with Crippen LogP contribution < -0.4 is 15.6 Å². The summed E-state index contributed by atoms with van der Waals surface area (Å²) in [5, 5.41) is 2.77. The molecule has 0 saturated heterocycles. The first-order valence-electron chi connectivity index (χ1n) is 6.79. The van der Waals surface area contributed by atoms with Gasteiger partial charge in [-0.2, -0.15) is 0 Å². The van der Waals surface area contributed by atoms with E-state index in [1.54, 1.807) is 24.4 Å². The fourth-order valence-corrected chi connectivity index (χ4v) is 1.97. The summed E-state index contributed by atoms with van der Waals surface area (Å²) in [5.74, 6) is 0.347. The quantitative estimate of drug-likeness (QED) is 0.916. The number of benzene rings is 1. The molecule has 5 heteroatoms. The third kappa shape index (κ3) is 3.95. The summed E-state index contributed by atoms with van der Waals surface area (Å²) in [6.45, 7) is 4.24. The van der Waals surface area contributed by atoms with Crippen molar-refractivity contribution in [1.82, 2.24) is 4.57 Å². The number of hydrogen-bond acceptors (Lipinski definition) is 3. The number of aromatic nitrogens is 1. The molecule has 1 heterocycles. The van der Waals surface area contributed by atoms with E-state index in [0.717, 1.165) is 5.56 Å². The molecule has 0 fully saturated rings. The molecule has 0 aliphatic carbocycles. The van der Waals surface area contributed by atoms with E-state index in [0.29, 0.717) is 18.0 Å². The van der Waals surface area contributed by atoms with Crippen LogP contribution in [-0.2, 0) is 11.3 Å². The fraction of sp³-hybridized carbons (Fsp3) is 0.250. The normalized spacial score (nSPS) is 10.2. The topological polar surface area (TPSA) is 60.3 Å². The third-order valence-corrected chi connectivity index (χ3v) is 2.91. The second-order valence-corrected chi connectivity index (χ2v) is 4.65. The average molecular weight is 286 g/mol. The summed E-state index contributed by atoms with van der Waals surface area (Å²) >= 11 is 0. The lowest BCUT2D eigenvalue weighted by Gasteiger charge is -2.12. The van der Waals surface area contributed by atoms with Gasteiger partial charge >= 0.3 is 0 Å². The molecular weight excluding hydrogens is 268 g/mol. The summed E-state index contributed by atoms with van der Waals surface area (Å²) in [5.41, 5.74) is 1.33. The number of rotatable bonds is 5. The van der Waals surface area contributed by atoms with Crippen molar-refractivity contribution in [2.24, 2.45) is 0 Å². The predicted molar refractivity (Wildman–Crippen MR) is 81.7 cm³/mol. The zero-order chi connectivity index (χ0) is 15.2. The monoisotopic (exact) mass is 286 g/mol. The summed E-state index contributed by atoms with van der Waals surface area (Å²) in [7, 11) is 0. The lowest BCUT2D eigenvalue weighted by atomic mass is 10.3. The Morgan fingerprint density at radius 2 is 2.00 bits per heavy atom. The first-order chi connectivity index (χ1) is 10.1. The largest absolute Gasteiger partial charge is 0.492 e. The van der Waals surface area contributed by atoms with E-state index in [9.17, 15) is 9.59 Å².